The van der Waals surface area contributed by atoms with Crippen molar-refractivity contribution in [2.24, 2.45) is 17.8 Å². The van der Waals surface area contributed by atoms with Crippen LogP contribution in [0.5, 0.6) is 23.0 Å². The summed E-state index contributed by atoms with van der Waals surface area (Å²) in [5.41, 5.74) is 7.64. The molecule has 0 aliphatic heterocycles. The Hall–Kier alpha value is -10.6. The second-order valence-electron chi connectivity index (χ2n) is 24.6. The third-order valence-corrected chi connectivity index (χ3v) is 17.5. The zero-order chi connectivity index (χ0) is 67.8. The van der Waals surface area contributed by atoms with Gasteiger partial charge in [0.1, 0.15) is 69.5 Å². The highest BCUT2D eigenvalue weighted by Crippen LogP contribution is 2.37. The van der Waals surface area contributed by atoms with Gasteiger partial charge < -0.3 is 40.6 Å². The monoisotopic (exact) mass is 1440 g/mol. The number of anilines is 4. The fraction of sp³-hybridized carbons (Fsp3) is 0.282. The molecule has 3 fully saturated rings. The predicted octanol–water partition coefficient (Wildman–Crippen LogP) is 15.2. The summed E-state index contributed by atoms with van der Waals surface area (Å²) >= 11 is 2.20. The van der Waals surface area contributed by atoms with E-state index < -0.39 is 0 Å². The maximum atomic E-state index is 13.9. The smallest absolute Gasteiger partial charge is 0.170 e. The van der Waals surface area contributed by atoms with Gasteiger partial charge in [-0.3, -0.25) is 5.10 Å². The van der Waals surface area contributed by atoms with Crippen molar-refractivity contribution in [3.05, 3.63) is 220 Å². The van der Waals surface area contributed by atoms with Crippen LogP contribution in [-0.2, 0) is 0 Å². The maximum absolute atomic E-state index is 13.9. The number of aromatic hydroxyl groups is 1. The van der Waals surface area contributed by atoms with E-state index in [0.29, 0.717) is 77.6 Å². The molecule has 4 unspecified atom stereocenters. The van der Waals surface area contributed by atoms with Crippen LogP contribution in [0.4, 0.5) is 40.8 Å². The summed E-state index contributed by atoms with van der Waals surface area (Å²) in [7, 11) is 0. The van der Waals surface area contributed by atoms with Crippen LogP contribution in [0.25, 0.3) is 33.7 Å². The molecule has 9 heterocycles. The number of rotatable bonds is 22. The van der Waals surface area contributed by atoms with E-state index in [0.717, 1.165) is 60.0 Å². The lowest BCUT2D eigenvalue weighted by Gasteiger charge is -2.19. The molecule has 0 amide bonds. The molecule has 3 aliphatic carbocycles. The summed E-state index contributed by atoms with van der Waals surface area (Å²) < 4.78 is 80.2. The standard InChI is InChI=1S/C21H21FN6O.C18H18FIN4O.C18H19FN4O.C14H13FN4O/c1-13(17-8-16(22)4-5-19(17)29-12-14-2-3-14)26-20-6-7-28-21(27-20)18(11-25-28)15-9-23-24-10-15;1-11(22-17-6-7-24-18(23-17)15(20)9-21-24)14-8-13(19)4-5-16(14)25-10-12-2-3-12;1-12(21-17-7-9-23-18(22-17)6-8-20-23)15-10-14(19)4-5-16(15)24-11-13-2-3-13;1-9(11-8-10(15)2-3-12(11)20)17-13-5-7-19-14(18-13)4-6-16-19/h4-11,13-14H,2-3,12H2,1H3,(H,23,24)(H,26,27);4-9,11-12H,2-3,10H2,1H3,(H,22,23);4-10,12-13H,2-3,11H2,1H3,(H,21,22);2-9,20H,1H3,(H,17,18). The van der Waals surface area contributed by atoms with Crippen molar-refractivity contribution in [3.8, 4) is 34.1 Å². The van der Waals surface area contributed by atoms with Gasteiger partial charge in [-0.25, -0.2) is 55.6 Å². The van der Waals surface area contributed by atoms with Crippen LogP contribution < -0.4 is 35.5 Å². The molecule has 22 nitrogen and oxygen atoms in total. The molecule has 13 aromatic rings. The van der Waals surface area contributed by atoms with E-state index in [9.17, 15) is 22.7 Å². The number of phenolic OH excluding ortho intramolecular Hbond substituents is 1. The SMILES string of the molecule is CC(Nc1ccn2ncc(-c3cn[nH]c3)c2n1)c1cc(F)ccc1OCC1CC1.CC(Nc1ccn2ncc(I)c2n1)c1cc(F)ccc1OCC1CC1.CC(Nc1ccn2nccc2n1)c1cc(F)ccc1O.CC(Nc1ccn2nccc2n1)c1cc(F)ccc1OCC1CC1. The summed E-state index contributed by atoms with van der Waals surface area (Å²) in [6, 6.07) is 28.1. The zero-order valence-corrected chi connectivity index (χ0v) is 56.1. The Bertz CT molecular complexity index is 4860. The van der Waals surface area contributed by atoms with Crippen molar-refractivity contribution in [3.63, 3.8) is 0 Å². The van der Waals surface area contributed by atoms with Gasteiger partial charge in [0.05, 0.1) is 78.5 Å². The molecule has 6 N–H and O–H groups in total. The fourth-order valence-electron chi connectivity index (χ4n) is 10.8. The summed E-state index contributed by atoms with van der Waals surface area (Å²) in [4.78, 5) is 18.1. The highest BCUT2D eigenvalue weighted by molar-refractivity contribution is 14.1. The molecule has 3 saturated carbocycles. The number of halogens is 5. The lowest BCUT2D eigenvalue weighted by atomic mass is 10.1. The molecule has 4 aromatic carbocycles. The Kier molecular flexibility index (Phi) is 20.1. The van der Waals surface area contributed by atoms with Gasteiger partial charge in [0, 0.05) is 76.5 Å². The number of H-pyrrole nitrogens is 1. The maximum Gasteiger partial charge on any atom is 0.170 e. The molecular weight excluding hydrogens is 1370 g/mol. The first-order valence-electron chi connectivity index (χ1n) is 32.3. The van der Waals surface area contributed by atoms with Crippen molar-refractivity contribution in [2.45, 2.75) is 90.4 Å². The normalized spacial score (nSPS) is 14.6. The summed E-state index contributed by atoms with van der Waals surface area (Å²) in [5.74, 6) is 5.69. The van der Waals surface area contributed by atoms with Crippen LogP contribution in [-0.4, -0.2) is 93.5 Å². The molecule has 27 heteroatoms. The number of ether oxygens (including phenoxy) is 3. The topological polar surface area (TPSA) is 245 Å². The minimum atomic E-state index is -0.384. The Morgan fingerprint density at radius 3 is 1.30 bits per heavy atom. The lowest BCUT2D eigenvalue weighted by Crippen LogP contribution is -2.11. The number of nitrogens with one attached hydrogen (secondary N) is 5. The number of fused-ring (bicyclic) bond motifs is 4. The highest BCUT2D eigenvalue weighted by atomic mass is 127. The van der Waals surface area contributed by atoms with Gasteiger partial charge in [0.2, 0.25) is 0 Å². The van der Waals surface area contributed by atoms with Crippen LogP contribution in [0.2, 0.25) is 0 Å². The van der Waals surface area contributed by atoms with Crippen LogP contribution in [0.15, 0.2) is 171 Å². The van der Waals surface area contributed by atoms with Gasteiger partial charge >= 0.3 is 0 Å². The Morgan fingerprint density at radius 1 is 0.469 bits per heavy atom. The Labute approximate surface area is 574 Å². The number of phenols is 1. The number of hydrogen-bond acceptors (Lipinski definition) is 17. The van der Waals surface area contributed by atoms with Crippen molar-refractivity contribution < 1.29 is 36.9 Å². The number of nitrogens with zero attached hydrogens (tertiary/aromatic N) is 13. The van der Waals surface area contributed by atoms with E-state index in [2.05, 4.69) is 89.4 Å². The summed E-state index contributed by atoms with van der Waals surface area (Å²) in [6.45, 7) is 9.83. The summed E-state index contributed by atoms with van der Waals surface area (Å²) in [6.07, 6.45) is 25.0. The molecule has 0 bridgehead atoms. The fourth-order valence-corrected chi connectivity index (χ4v) is 11.3. The average Bonchev–Trinajstić information content (AvgIpc) is 1.63. The first kappa shape index (κ1) is 66.1. The number of benzene rings is 4. The van der Waals surface area contributed by atoms with E-state index in [-0.39, 0.29) is 53.2 Å². The first-order valence-corrected chi connectivity index (χ1v) is 33.4. The summed E-state index contributed by atoms with van der Waals surface area (Å²) in [5, 5.41) is 46.5. The quantitative estimate of drug-likeness (QED) is 0.0273. The molecule has 4 atom stereocenters. The van der Waals surface area contributed by atoms with Crippen LogP contribution in [0.1, 0.15) is 113 Å². The highest BCUT2D eigenvalue weighted by Gasteiger charge is 2.26. The predicted molar refractivity (Wildman–Crippen MR) is 372 cm³/mol. The molecule has 98 heavy (non-hydrogen) atoms. The van der Waals surface area contributed by atoms with Gasteiger partial charge in [-0.1, -0.05) is 0 Å². The van der Waals surface area contributed by atoms with Gasteiger partial charge in [-0.2, -0.15) is 25.5 Å². The van der Waals surface area contributed by atoms with E-state index in [1.54, 1.807) is 91.8 Å². The van der Waals surface area contributed by atoms with Crippen molar-refractivity contribution in [1.82, 2.24) is 68.6 Å². The number of aromatic nitrogens is 14. The minimum absolute atomic E-state index is 0.0526. The molecule has 0 spiro atoms. The number of aromatic amines is 1. The molecular formula is C71H71F4IN18O4. The number of hydrogen-bond donors (Lipinski definition) is 6. The zero-order valence-electron chi connectivity index (χ0n) is 53.9. The molecule has 9 aromatic heterocycles. The van der Waals surface area contributed by atoms with Gasteiger partial charge in [0.15, 0.2) is 22.6 Å². The van der Waals surface area contributed by atoms with Crippen molar-refractivity contribution in [1.29, 1.82) is 0 Å². The van der Waals surface area contributed by atoms with Gasteiger partial charge in [-0.05, 0) is 204 Å². The van der Waals surface area contributed by atoms with Gasteiger partial charge in [0.25, 0.3) is 0 Å². The van der Waals surface area contributed by atoms with E-state index in [1.165, 1.54) is 93.1 Å². The molecule has 16 rings (SSSR count). The first-order chi connectivity index (χ1) is 47.6. The molecule has 504 valence electrons. The van der Waals surface area contributed by atoms with Crippen LogP contribution in [0.3, 0.4) is 0 Å². The Morgan fingerprint density at radius 2 is 0.857 bits per heavy atom. The average molecular weight is 1440 g/mol. The molecule has 0 radical (unpaired) electrons. The van der Waals surface area contributed by atoms with E-state index in [4.69, 9.17) is 19.2 Å². The van der Waals surface area contributed by atoms with Crippen LogP contribution in [0, 0.1) is 44.6 Å². The van der Waals surface area contributed by atoms with E-state index in [1.807, 2.05) is 70.6 Å². The van der Waals surface area contributed by atoms with Crippen LogP contribution >= 0.6 is 22.6 Å². The second kappa shape index (κ2) is 29.8. The second-order valence-corrected chi connectivity index (χ2v) is 25.7. The Balaban J connectivity index is 0.000000119. The minimum Gasteiger partial charge on any atom is -0.508 e. The van der Waals surface area contributed by atoms with Crippen molar-refractivity contribution in [2.75, 3.05) is 41.1 Å². The third-order valence-electron chi connectivity index (χ3n) is 16.8. The third kappa shape index (κ3) is 16.8. The van der Waals surface area contributed by atoms with Crippen molar-refractivity contribution >= 4 is 68.5 Å². The van der Waals surface area contributed by atoms with Gasteiger partial charge in [-0.15, -0.1) is 0 Å². The molecule has 0 saturated heterocycles. The van der Waals surface area contributed by atoms with E-state index >= 15 is 0 Å². The largest absolute Gasteiger partial charge is 0.508 e. The molecule has 3 aliphatic rings. The lowest BCUT2D eigenvalue weighted by molar-refractivity contribution is 0.295.